The fraction of sp³-hybridized carbons (Fsp3) is 0.586. The molecule has 2 aliphatic heterocycles. The molecule has 0 N–H and O–H groups in total. The number of nitrogens with zero attached hydrogens (tertiary/aromatic N) is 2. The number of ketones is 1. The maximum atomic E-state index is 13.2. The van der Waals surface area contributed by atoms with Crippen molar-refractivity contribution >= 4 is 11.7 Å². The number of allylic oxidation sites excluding steroid dienone is 4. The predicted octanol–water partition coefficient (Wildman–Crippen LogP) is 5.16. The Kier molecular flexibility index (Phi) is 8.25. The highest BCUT2D eigenvalue weighted by atomic mass is 16.5. The molecule has 0 saturated carbocycles. The third-order valence-corrected chi connectivity index (χ3v) is 7.99. The summed E-state index contributed by atoms with van der Waals surface area (Å²) in [4.78, 5) is 30.1. The van der Waals surface area contributed by atoms with Crippen LogP contribution in [0.4, 0.5) is 0 Å². The molecule has 3 aliphatic rings. The second-order valence-electron chi connectivity index (χ2n) is 9.97. The van der Waals surface area contributed by atoms with E-state index in [1.807, 2.05) is 17.0 Å². The van der Waals surface area contributed by atoms with Crippen molar-refractivity contribution in [2.24, 2.45) is 11.8 Å². The fourth-order valence-electron chi connectivity index (χ4n) is 5.99. The molecular formula is C29H40N2O3. The summed E-state index contributed by atoms with van der Waals surface area (Å²) in [5.74, 6) is 2.09. The number of rotatable bonds is 11. The van der Waals surface area contributed by atoms with E-state index < -0.39 is 0 Å². The minimum Gasteiger partial charge on any atom is -0.496 e. The highest BCUT2D eigenvalue weighted by molar-refractivity contribution is 5.97. The number of hydrogen-bond donors (Lipinski definition) is 0. The molecule has 5 heteroatoms. The van der Waals surface area contributed by atoms with Crippen molar-refractivity contribution in [3.8, 4) is 5.75 Å². The zero-order valence-electron chi connectivity index (χ0n) is 21.1. The predicted molar refractivity (Wildman–Crippen MR) is 136 cm³/mol. The van der Waals surface area contributed by atoms with Crippen LogP contribution in [0.25, 0.3) is 0 Å². The Balaban J connectivity index is 1.28. The maximum Gasteiger partial charge on any atom is 0.227 e. The fourth-order valence-corrected chi connectivity index (χ4v) is 5.99. The Morgan fingerprint density at radius 1 is 1.18 bits per heavy atom. The van der Waals surface area contributed by atoms with E-state index in [0.29, 0.717) is 24.5 Å². The van der Waals surface area contributed by atoms with Crippen molar-refractivity contribution < 1.29 is 14.3 Å². The Labute approximate surface area is 204 Å². The van der Waals surface area contributed by atoms with Gasteiger partial charge in [-0.3, -0.25) is 9.59 Å². The number of piperidine rings is 1. The van der Waals surface area contributed by atoms with Crippen LogP contribution >= 0.6 is 0 Å². The Bertz CT molecular complexity index is 964. The molecule has 1 amide bonds. The number of amides is 1. The lowest BCUT2D eigenvalue weighted by Gasteiger charge is -2.45. The molecule has 1 aromatic carbocycles. The Hall–Kier alpha value is -2.40. The zero-order valence-corrected chi connectivity index (χ0v) is 21.1. The summed E-state index contributed by atoms with van der Waals surface area (Å²) in [7, 11) is 1.73. The van der Waals surface area contributed by atoms with E-state index in [0.717, 1.165) is 76.0 Å². The van der Waals surface area contributed by atoms with Gasteiger partial charge < -0.3 is 14.5 Å². The van der Waals surface area contributed by atoms with Crippen LogP contribution in [0.3, 0.4) is 0 Å². The molecule has 0 bridgehead atoms. The smallest absolute Gasteiger partial charge is 0.227 e. The number of Topliss-reactive ketones (excluding diaryl/α,β-unsaturated/α-hetero) is 1. The minimum absolute atomic E-state index is 0.216. The van der Waals surface area contributed by atoms with Crippen molar-refractivity contribution in [2.45, 2.75) is 65.2 Å². The first kappa shape index (κ1) is 24.7. The van der Waals surface area contributed by atoms with Crippen LogP contribution in [0, 0.1) is 11.8 Å². The number of benzene rings is 1. The van der Waals surface area contributed by atoms with Crippen molar-refractivity contribution in [1.29, 1.82) is 0 Å². The van der Waals surface area contributed by atoms with Crippen LogP contribution in [-0.2, 0) is 16.0 Å². The third kappa shape index (κ3) is 5.30. The second kappa shape index (κ2) is 11.4. The average molecular weight is 465 g/mol. The Morgan fingerprint density at radius 3 is 2.79 bits per heavy atom. The molecule has 1 aliphatic carbocycles. The molecule has 2 unspecified atom stereocenters. The number of para-hydroxylation sites is 1. The summed E-state index contributed by atoms with van der Waals surface area (Å²) in [5.41, 5.74) is 4.74. The number of hydrogen-bond acceptors (Lipinski definition) is 4. The number of methoxy groups -OCH3 is 1. The first-order chi connectivity index (χ1) is 16.5. The molecule has 4 rings (SSSR count). The summed E-state index contributed by atoms with van der Waals surface area (Å²) in [6.45, 7) is 8.28. The lowest BCUT2D eigenvalue weighted by molar-refractivity contribution is -0.131. The molecule has 0 spiro atoms. The van der Waals surface area contributed by atoms with Gasteiger partial charge in [0, 0.05) is 37.5 Å². The molecule has 2 atom stereocenters. The van der Waals surface area contributed by atoms with Gasteiger partial charge in [0.15, 0.2) is 5.78 Å². The molecule has 2 heterocycles. The standard InChI is InChI=1S/C29H40N2O3/c1-4-30(19-16-22-10-5-6-13-27(22)34-3)17-8-7-12-26(32)25-20-23-14-15-28(33)31-18-9-11-24(21(25)2)29(23)31/h5-6,10,13,20-21,24H,4,7-9,11-12,14-19H2,1-3H3. The molecule has 1 fully saturated rings. The molecule has 1 aromatic rings. The van der Waals surface area contributed by atoms with Crippen molar-refractivity contribution in [3.63, 3.8) is 0 Å². The number of likely N-dealkylation sites (N-methyl/N-ethyl adjacent to an activating group) is 1. The molecule has 1 saturated heterocycles. The van der Waals surface area contributed by atoms with Crippen LogP contribution in [0.5, 0.6) is 5.75 Å². The van der Waals surface area contributed by atoms with Gasteiger partial charge in [-0.15, -0.1) is 0 Å². The van der Waals surface area contributed by atoms with Crippen molar-refractivity contribution in [2.75, 3.05) is 33.3 Å². The highest BCUT2D eigenvalue weighted by Gasteiger charge is 2.41. The largest absolute Gasteiger partial charge is 0.496 e. The van der Waals surface area contributed by atoms with E-state index in [1.54, 1.807) is 7.11 Å². The molecule has 5 nitrogen and oxygen atoms in total. The summed E-state index contributed by atoms with van der Waals surface area (Å²) < 4.78 is 5.48. The van der Waals surface area contributed by atoms with Gasteiger partial charge in [-0.1, -0.05) is 38.1 Å². The van der Waals surface area contributed by atoms with Gasteiger partial charge in [0.2, 0.25) is 5.91 Å². The SMILES string of the molecule is CCN(CCCCC(=O)C1=CC2=C3C(CCCN3C(=O)CC2)C1C)CCc1ccccc1OC. The van der Waals surface area contributed by atoms with Crippen LogP contribution in [0.2, 0.25) is 0 Å². The monoisotopic (exact) mass is 464 g/mol. The first-order valence-corrected chi connectivity index (χ1v) is 13.2. The van der Waals surface area contributed by atoms with E-state index in [1.165, 1.54) is 16.8 Å². The summed E-state index contributed by atoms with van der Waals surface area (Å²) >= 11 is 0. The van der Waals surface area contributed by atoms with Crippen molar-refractivity contribution in [1.82, 2.24) is 9.80 Å². The van der Waals surface area contributed by atoms with Gasteiger partial charge in [0.1, 0.15) is 5.75 Å². The third-order valence-electron chi connectivity index (χ3n) is 7.99. The van der Waals surface area contributed by atoms with E-state index in [2.05, 4.69) is 37.0 Å². The maximum absolute atomic E-state index is 13.2. The van der Waals surface area contributed by atoms with Gasteiger partial charge in [0.05, 0.1) is 7.11 Å². The van der Waals surface area contributed by atoms with Crippen LogP contribution < -0.4 is 4.74 Å². The first-order valence-electron chi connectivity index (χ1n) is 13.2. The van der Waals surface area contributed by atoms with Crippen LogP contribution in [0.15, 0.2) is 47.2 Å². The average Bonchev–Trinajstić information content (AvgIpc) is 2.87. The molecule has 0 radical (unpaired) electrons. The number of ether oxygens (including phenoxy) is 1. The summed E-state index contributed by atoms with van der Waals surface area (Å²) in [6.07, 6.45) is 9.21. The Morgan fingerprint density at radius 2 is 2.00 bits per heavy atom. The van der Waals surface area contributed by atoms with Crippen LogP contribution in [-0.4, -0.2) is 54.8 Å². The number of carbonyl (C=O) groups excluding carboxylic acids is 2. The second-order valence-corrected chi connectivity index (χ2v) is 9.97. The molecule has 0 aromatic heterocycles. The quantitative estimate of drug-likeness (QED) is 0.425. The van der Waals surface area contributed by atoms with Gasteiger partial charge >= 0.3 is 0 Å². The molecule has 184 valence electrons. The van der Waals surface area contributed by atoms with Crippen LogP contribution in [0.1, 0.15) is 64.4 Å². The number of unbranched alkanes of at least 4 members (excludes halogenated alkanes) is 1. The lowest BCUT2D eigenvalue weighted by Crippen LogP contribution is -2.44. The van der Waals surface area contributed by atoms with E-state index in [4.69, 9.17) is 4.74 Å². The van der Waals surface area contributed by atoms with E-state index in [9.17, 15) is 9.59 Å². The highest BCUT2D eigenvalue weighted by Crippen LogP contribution is 2.45. The van der Waals surface area contributed by atoms with Crippen molar-refractivity contribution in [3.05, 3.63) is 52.7 Å². The topological polar surface area (TPSA) is 49.9 Å². The van der Waals surface area contributed by atoms with Gasteiger partial charge in [-0.05, 0) is 80.3 Å². The molecule has 34 heavy (non-hydrogen) atoms. The molecular weight excluding hydrogens is 424 g/mol. The minimum atomic E-state index is 0.216. The van der Waals surface area contributed by atoms with Gasteiger partial charge in [-0.2, -0.15) is 0 Å². The van der Waals surface area contributed by atoms with E-state index in [-0.39, 0.29) is 11.8 Å². The van der Waals surface area contributed by atoms with E-state index >= 15 is 0 Å². The van der Waals surface area contributed by atoms with Gasteiger partial charge in [-0.25, -0.2) is 0 Å². The van der Waals surface area contributed by atoms with Gasteiger partial charge in [0.25, 0.3) is 0 Å². The number of carbonyl (C=O) groups is 2. The normalized spacial score (nSPS) is 22.1. The lowest BCUT2D eigenvalue weighted by atomic mass is 9.71. The zero-order chi connectivity index (χ0) is 24.1. The summed E-state index contributed by atoms with van der Waals surface area (Å²) in [5, 5.41) is 0. The summed E-state index contributed by atoms with van der Waals surface area (Å²) in [6, 6.07) is 8.23.